The predicted octanol–water partition coefficient (Wildman–Crippen LogP) is 2.08. The van der Waals surface area contributed by atoms with E-state index in [0.717, 1.165) is 5.56 Å². The number of nitrogens with zero attached hydrogens (tertiary/aromatic N) is 1. The van der Waals surface area contributed by atoms with Crippen LogP contribution < -0.4 is 29.2 Å². The van der Waals surface area contributed by atoms with Gasteiger partial charge in [-0.3, -0.25) is 9.59 Å². The van der Waals surface area contributed by atoms with Crippen LogP contribution in [0.5, 0.6) is 23.0 Å². The highest BCUT2D eigenvalue weighted by molar-refractivity contribution is 6.03. The molecule has 2 aromatic carbocycles. The van der Waals surface area contributed by atoms with Gasteiger partial charge in [-0.2, -0.15) is 0 Å². The van der Waals surface area contributed by atoms with Crippen molar-refractivity contribution in [2.24, 2.45) is 11.8 Å². The average Bonchev–Trinajstić information content (AvgIpc) is 3.64. The second kappa shape index (κ2) is 8.20. The SMILES string of the molecule is COc1ccc(CCNC(=O)[C@H]2[C@H]3C=C[C@]4(CN(c5ccc6c(c5)OCO6)C(=O)[C@@H]24)O3)cc1OC. The van der Waals surface area contributed by atoms with E-state index in [9.17, 15) is 9.59 Å². The lowest BCUT2D eigenvalue weighted by Crippen LogP contribution is -2.44. The van der Waals surface area contributed by atoms with Crippen LogP contribution in [0.3, 0.4) is 0 Å². The molecule has 182 valence electrons. The van der Waals surface area contributed by atoms with E-state index >= 15 is 0 Å². The number of fused-ring (bicyclic) bond motifs is 2. The summed E-state index contributed by atoms with van der Waals surface area (Å²) >= 11 is 0. The van der Waals surface area contributed by atoms with Crippen LogP contribution in [-0.2, 0) is 20.7 Å². The largest absolute Gasteiger partial charge is 0.493 e. The molecule has 6 rings (SSSR count). The third kappa shape index (κ3) is 3.41. The number of benzene rings is 2. The van der Waals surface area contributed by atoms with Gasteiger partial charge in [0, 0.05) is 18.3 Å². The van der Waals surface area contributed by atoms with Gasteiger partial charge in [0.25, 0.3) is 0 Å². The number of hydrogen-bond acceptors (Lipinski definition) is 7. The molecule has 0 saturated carbocycles. The highest BCUT2D eigenvalue weighted by Crippen LogP contribution is 2.53. The molecule has 2 amide bonds. The van der Waals surface area contributed by atoms with Gasteiger partial charge < -0.3 is 33.9 Å². The molecule has 0 radical (unpaired) electrons. The van der Waals surface area contributed by atoms with E-state index in [1.54, 1.807) is 31.3 Å². The zero-order valence-corrected chi connectivity index (χ0v) is 19.5. The summed E-state index contributed by atoms with van der Waals surface area (Å²) < 4.78 is 27.7. The van der Waals surface area contributed by atoms with Crippen molar-refractivity contribution in [3.63, 3.8) is 0 Å². The zero-order valence-electron chi connectivity index (χ0n) is 19.5. The molecule has 1 N–H and O–H groups in total. The van der Waals surface area contributed by atoms with Crippen LogP contribution >= 0.6 is 0 Å². The van der Waals surface area contributed by atoms with Gasteiger partial charge in [0.2, 0.25) is 18.6 Å². The zero-order chi connectivity index (χ0) is 24.2. The summed E-state index contributed by atoms with van der Waals surface area (Å²) in [7, 11) is 3.18. The fraction of sp³-hybridized carbons (Fsp3) is 0.385. The van der Waals surface area contributed by atoms with Crippen molar-refractivity contribution >= 4 is 17.5 Å². The van der Waals surface area contributed by atoms with Crippen molar-refractivity contribution in [2.75, 3.05) is 39.0 Å². The standard InChI is InChI=1S/C26H26N2O7/c1-31-17-5-3-15(11-20(17)32-2)8-10-27-24(29)22-19-7-9-26(35-19)13-28(25(30)23(22)26)16-4-6-18-21(12-16)34-14-33-18/h3-7,9,11-12,19,22-23H,8,10,13-14H2,1-2H3,(H,27,29)/t19-,22+,23-,26-/m1/s1. The van der Waals surface area contributed by atoms with Crippen LogP contribution in [0.15, 0.2) is 48.6 Å². The number of hydrogen-bond donors (Lipinski definition) is 1. The van der Waals surface area contributed by atoms with Crippen LogP contribution in [0.2, 0.25) is 0 Å². The maximum absolute atomic E-state index is 13.5. The van der Waals surface area contributed by atoms with Crippen molar-refractivity contribution < 1.29 is 33.3 Å². The van der Waals surface area contributed by atoms with E-state index in [-0.39, 0.29) is 18.6 Å². The van der Waals surface area contributed by atoms with Crippen molar-refractivity contribution in [3.8, 4) is 23.0 Å². The molecule has 35 heavy (non-hydrogen) atoms. The van der Waals surface area contributed by atoms with Crippen molar-refractivity contribution in [2.45, 2.75) is 18.1 Å². The number of amides is 2. The molecular formula is C26H26N2O7. The van der Waals surface area contributed by atoms with Crippen LogP contribution in [0.25, 0.3) is 0 Å². The van der Waals surface area contributed by atoms with Crippen LogP contribution in [-0.4, -0.2) is 57.6 Å². The first-order chi connectivity index (χ1) is 17.0. The van der Waals surface area contributed by atoms with Crippen molar-refractivity contribution in [1.82, 2.24) is 5.32 Å². The number of nitrogens with one attached hydrogen (secondary N) is 1. The Morgan fingerprint density at radius 1 is 1.11 bits per heavy atom. The first kappa shape index (κ1) is 21.8. The number of anilines is 1. The molecule has 2 aromatic rings. The second-order valence-electron chi connectivity index (χ2n) is 9.09. The molecule has 9 nitrogen and oxygen atoms in total. The average molecular weight is 479 g/mol. The van der Waals surface area contributed by atoms with Crippen LogP contribution in [0.4, 0.5) is 5.69 Å². The van der Waals surface area contributed by atoms with Crippen LogP contribution in [0, 0.1) is 11.8 Å². The van der Waals surface area contributed by atoms with E-state index in [1.807, 2.05) is 36.4 Å². The first-order valence-corrected chi connectivity index (χ1v) is 11.6. The summed E-state index contributed by atoms with van der Waals surface area (Å²) in [6.07, 6.45) is 4.07. The predicted molar refractivity (Wildman–Crippen MR) is 125 cm³/mol. The smallest absolute Gasteiger partial charge is 0.234 e. The summed E-state index contributed by atoms with van der Waals surface area (Å²) in [5.41, 5.74) is 0.925. The highest BCUT2D eigenvalue weighted by atomic mass is 16.7. The topological polar surface area (TPSA) is 95.6 Å². The van der Waals surface area contributed by atoms with Gasteiger partial charge in [-0.05, 0) is 36.2 Å². The Hall–Kier alpha value is -3.72. The van der Waals surface area contributed by atoms with Crippen LogP contribution in [0.1, 0.15) is 5.56 Å². The lowest BCUT2D eigenvalue weighted by atomic mass is 9.77. The molecule has 4 aliphatic rings. The Morgan fingerprint density at radius 2 is 1.94 bits per heavy atom. The molecule has 1 spiro atoms. The second-order valence-corrected chi connectivity index (χ2v) is 9.09. The normalized spacial score (nSPS) is 27.3. The Balaban J connectivity index is 1.15. The number of rotatable bonds is 7. The molecular weight excluding hydrogens is 452 g/mol. The minimum Gasteiger partial charge on any atom is -0.493 e. The Labute approximate surface area is 202 Å². The minimum absolute atomic E-state index is 0.115. The molecule has 0 aliphatic carbocycles. The third-order valence-corrected chi connectivity index (χ3v) is 7.23. The molecule has 9 heteroatoms. The number of carbonyl (C=O) groups excluding carboxylic acids is 2. The van der Waals surface area contributed by atoms with Gasteiger partial charge in [0.1, 0.15) is 5.60 Å². The Bertz CT molecular complexity index is 1230. The van der Waals surface area contributed by atoms with Gasteiger partial charge in [-0.15, -0.1) is 0 Å². The molecule has 0 unspecified atom stereocenters. The lowest BCUT2D eigenvalue weighted by molar-refractivity contribution is -0.131. The van der Waals surface area contributed by atoms with Crippen molar-refractivity contribution in [1.29, 1.82) is 0 Å². The molecule has 4 aliphatic heterocycles. The highest BCUT2D eigenvalue weighted by Gasteiger charge is 2.67. The van der Waals surface area contributed by atoms with E-state index < -0.39 is 23.5 Å². The number of carbonyl (C=O) groups is 2. The quantitative estimate of drug-likeness (QED) is 0.609. The maximum atomic E-state index is 13.5. The van der Waals surface area contributed by atoms with E-state index in [0.29, 0.717) is 48.2 Å². The number of ether oxygens (including phenoxy) is 5. The molecule has 2 bridgehead atoms. The monoisotopic (exact) mass is 478 g/mol. The van der Waals surface area contributed by atoms with Gasteiger partial charge in [-0.25, -0.2) is 0 Å². The molecule has 2 saturated heterocycles. The molecule has 0 aromatic heterocycles. The van der Waals surface area contributed by atoms with Gasteiger partial charge in [0.05, 0.1) is 38.7 Å². The van der Waals surface area contributed by atoms with Gasteiger partial charge in [-0.1, -0.05) is 18.2 Å². The van der Waals surface area contributed by atoms with E-state index in [2.05, 4.69) is 5.32 Å². The molecule has 4 atom stereocenters. The first-order valence-electron chi connectivity index (χ1n) is 11.6. The summed E-state index contributed by atoms with van der Waals surface area (Å²) in [6, 6.07) is 11.1. The number of methoxy groups -OCH3 is 2. The molecule has 2 fully saturated rings. The van der Waals surface area contributed by atoms with Crippen molar-refractivity contribution in [3.05, 3.63) is 54.1 Å². The summed E-state index contributed by atoms with van der Waals surface area (Å²) in [5, 5.41) is 3.01. The lowest BCUT2D eigenvalue weighted by Gasteiger charge is -2.23. The van der Waals surface area contributed by atoms with Gasteiger partial charge in [0.15, 0.2) is 23.0 Å². The summed E-state index contributed by atoms with van der Waals surface area (Å²) in [5.74, 6) is 1.13. The summed E-state index contributed by atoms with van der Waals surface area (Å²) in [6.45, 7) is 0.956. The fourth-order valence-electron chi connectivity index (χ4n) is 5.55. The summed E-state index contributed by atoms with van der Waals surface area (Å²) in [4.78, 5) is 28.5. The maximum Gasteiger partial charge on any atom is 0.234 e. The van der Waals surface area contributed by atoms with Gasteiger partial charge >= 0.3 is 0 Å². The molecule has 4 heterocycles. The Morgan fingerprint density at radius 3 is 2.77 bits per heavy atom. The van der Waals surface area contributed by atoms with E-state index in [4.69, 9.17) is 23.7 Å². The third-order valence-electron chi connectivity index (χ3n) is 7.23. The Kier molecular flexibility index (Phi) is 5.10. The fourth-order valence-corrected chi connectivity index (χ4v) is 5.55. The van der Waals surface area contributed by atoms with E-state index in [1.165, 1.54) is 0 Å². The minimum atomic E-state index is -0.788.